The molecular formula is C15H14Br2O. The molecule has 3 heteroatoms. The van der Waals surface area contributed by atoms with Gasteiger partial charge >= 0.3 is 0 Å². The van der Waals surface area contributed by atoms with Gasteiger partial charge < -0.3 is 0 Å². The minimum Gasteiger partial charge on any atom is -0.298 e. The molecule has 0 spiro atoms. The van der Waals surface area contributed by atoms with E-state index >= 15 is 0 Å². The molecule has 0 aliphatic carbocycles. The Morgan fingerprint density at radius 1 is 1.17 bits per heavy atom. The highest BCUT2D eigenvalue weighted by Gasteiger charge is 2.13. The lowest BCUT2D eigenvalue weighted by Crippen LogP contribution is -2.15. The van der Waals surface area contributed by atoms with E-state index in [2.05, 4.69) is 62.2 Å². The van der Waals surface area contributed by atoms with Crippen molar-refractivity contribution in [2.75, 3.05) is 0 Å². The van der Waals surface area contributed by atoms with Gasteiger partial charge in [-0.2, -0.15) is 0 Å². The van der Waals surface area contributed by atoms with E-state index in [1.807, 2.05) is 13.0 Å². The molecule has 0 bridgehead atoms. The van der Waals surface area contributed by atoms with Crippen molar-refractivity contribution in [2.45, 2.75) is 24.6 Å². The quantitative estimate of drug-likeness (QED) is 0.701. The van der Waals surface area contributed by atoms with Gasteiger partial charge in [-0.25, -0.2) is 0 Å². The Bertz CT molecular complexity index is 578. The number of fused-ring (bicyclic) bond motifs is 1. The summed E-state index contributed by atoms with van der Waals surface area (Å²) in [4.78, 5) is 11.5. The van der Waals surface area contributed by atoms with Crippen molar-refractivity contribution >= 4 is 48.4 Å². The summed E-state index contributed by atoms with van der Waals surface area (Å²) in [6, 6.07) is 12.6. The first kappa shape index (κ1) is 13.8. The molecule has 1 atom stereocenters. The number of Topliss-reactive ketones (excluding diaryl/α,β-unsaturated/α-hetero) is 1. The molecule has 18 heavy (non-hydrogen) atoms. The first-order valence-electron chi connectivity index (χ1n) is 5.95. The van der Waals surface area contributed by atoms with Gasteiger partial charge in [0.05, 0.1) is 4.83 Å². The summed E-state index contributed by atoms with van der Waals surface area (Å²) in [6.45, 7) is 1.90. The number of hydrogen-bond donors (Lipinski definition) is 0. The van der Waals surface area contributed by atoms with Crippen molar-refractivity contribution < 1.29 is 4.79 Å². The van der Waals surface area contributed by atoms with Gasteiger partial charge in [0, 0.05) is 10.9 Å². The maximum absolute atomic E-state index is 11.6. The first-order valence-corrected chi connectivity index (χ1v) is 7.66. The summed E-state index contributed by atoms with van der Waals surface area (Å²) in [5.74, 6) is 0.255. The molecular weight excluding hydrogens is 356 g/mol. The third-order valence-electron chi connectivity index (χ3n) is 2.98. The van der Waals surface area contributed by atoms with Gasteiger partial charge in [0.25, 0.3) is 0 Å². The van der Waals surface area contributed by atoms with Crippen LogP contribution in [0, 0.1) is 0 Å². The highest BCUT2D eigenvalue weighted by molar-refractivity contribution is 9.10. The molecule has 0 amide bonds. The summed E-state index contributed by atoms with van der Waals surface area (Å²) in [5, 5.41) is 2.42. The Balaban J connectivity index is 2.25. The van der Waals surface area contributed by atoms with E-state index in [9.17, 15) is 4.79 Å². The van der Waals surface area contributed by atoms with Crippen LogP contribution in [0.15, 0.2) is 40.9 Å². The summed E-state index contributed by atoms with van der Waals surface area (Å²) in [5.41, 5.74) is 1.19. The monoisotopic (exact) mass is 368 g/mol. The summed E-state index contributed by atoms with van der Waals surface area (Å²) < 4.78 is 1.09. The number of rotatable bonds is 4. The molecule has 0 radical (unpaired) electrons. The van der Waals surface area contributed by atoms with Gasteiger partial charge in [-0.1, -0.05) is 63.0 Å². The van der Waals surface area contributed by atoms with E-state index in [1.54, 1.807) is 0 Å². The minimum absolute atomic E-state index is 0.0737. The third kappa shape index (κ3) is 3.21. The second-order valence-electron chi connectivity index (χ2n) is 4.32. The third-order valence-corrected chi connectivity index (χ3v) is 4.31. The van der Waals surface area contributed by atoms with Crippen LogP contribution in [-0.4, -0.2) is 10.6 Å². The van der Waals surface area contributed by atoms with Crippen LogP contribution in [0.3, 0.4) is 0 Å². The van der Waals surface area contributed by atoms with Crippen molar-refractivity contribution in [1.29, 1.82) is 0 Å². The SMILES string of the molecule is CCC(=O)C(Br)Cc1ccc2cc(Br)ccc2c1. The fourth-order valence-corrected chi connectivity index (χ4v) is 3.01. The van der Waals surface area contributed by atoms with E-state index in [1.165, 1.54) is 16.3 Å². The zero-order chi connectivity index (χ0) is 13.1. The molecule has 0 aromatic heterocycles. The van der Waals surface area contributed by atoms with E-state index in [0.717, 1.165) is 10.9 Å². The molecule has 0 aliphatic heterocycles. The Morgan fingerprint density at radius 2 is 1.83 bits per heavy atom. The van der Waals surface area contributed by atoms with Crippen molar-refractivity contribution in [3.8, 4) is 0 Å². The van der Waals surface area contributed by atoms with Gasteiger partial charge in [-0.15, -0.1) is 0 Å². The summed E-state index contributed by atoms with van der Waals surface area (Å²) >= 11 is 6.93. The van der Waals surface area contributed by atoms with Gasteiger partial charge in [0.2, 0.25) is 0 Å². The normalized spacial score (nSPS) is 12.6. The van der Waals surface area contributed by atoms with Crippen LogP contribution in [0.2, 0.25) is 0 Å². The van der Waals surface area contributed by atoms with Crippen molar-refractivity contribution in [3.63, 3.8) is 0 Å². The Labute approximate surface area is 124 Å². The van der Waals surface area contributed by atoms with E-state index in [4.69, 9.17) is 0 Å². The topological polar surface area (TPSA) is 17.1 Å². The number of carbonyl (C=O) groups excluding carboxylic acids is 1. The van der Waals surface area contributed by atoms with Gasteiger partial charge in [-0.3, -0.25) is 4.79 Å². The van der Waals surface area contributed by atoms with Crippen LogP contribution in [0.4, 0.5) is 0 Å². The average Bonchev–Trinajstić information content (AvgIpc) is 2.38. The molecule has 0 saturated carbocycles. The summed E-state index contributed by atoms with van der Waals surface area (Å²) in [6.07, 6.45) is 1.33. The molecule has 0 aliphatic rings. The standard InChI is InChI=1S/C15H14Br2O/c1-2-15(18)14(17)8-10-3-4-12-9-13(16)6-5-11(12)7-10/h3-7,9,14H,2,8H2,1H3. The van der Waals surface area contributed by atoms with E-state index < -0.39 is 0 Å². The van der Waals surface area contributed by atoms with Gasteiger partial charge in [-0.05, 0) is 34.9 Å². The highest BCUT2D eigenvalue weighted by atomic mass is 79.9. The lowest BCUT2D eigenvalue weighted by Gasteiger charge is -2.08. The molecule has 0 fully saturated rings. The molecule has 0 saturated heterocycles. The smallest absolute Gasteiger partial charge is 0.146 e. The Morgan fingerprint density at radius 3 is 2.56 bits per heavy atom. The number of alkyl halides is 1. The molecule has 0 heterocycles. The summed E-state index contributed by atoms with van der Waals surface area (Å²) in [7, 11) is 0. The van der Waals surface area contributed by atoms with Gasteiger partial charge in [0.15, 0.2) is 0 Å². The Kier molecular flexibility index (Phi) is 4.57. The molecule has 2 rings (SSSR count). The zero-order valence-electron chi connectivity index (χ0n) is 10.1. The minimum atomic E-state index is -0.0737. The predicted octanol–water partition coefficient (Wildman–Crippen LogP) is 4.89. The Hall–Kier alpha value is -0.670. The van der Waals surface area contributed by atoms with Crippen LogP contribution < -0.4 is 0 Å². The molecule has 0 N–H and O–H groups in total. The van der Waals surface area contributed by atoms with Gasteiger partial charge in [0.1, 0.15) is 5.78 Å². The predicted molar refractivity (Wildman–Crippen MR) is 83.4 cm³/mol. The first-order chi connectivity index (χ1) is 8.60. The van der Waals surface area contributed by atoms with E-state index in [-0.39, 0.29) is 10.6 Å². The number of halogens is 2. The molecule has 1 nitrogen and oxygen atoms in total. The van der Waals surface area contributed by atoms with Crippen LogP contribution in [0.5, 0.6) is 0 Å². The van der Waals surface area contributed by atoms with Crippen LogP contribution >= 0.6 is 31.9 Å². The highest BCUT2D eigenvalue weighted by Crippen LogP contribution is 2.22. The molecule has 94 valence electrons. The lowest BCUT2D eigenvalue weighted by molar-refractivity contribution is -0.118. The fourth-order valence-electron chi connectivity index (χ4n) is 1.94. The zero-order valence-corrected chi connectivity index (χ0v) is 13.3. The average molecular weight is 370 g/mol. The largest absolute Gasteiger partial charge is 0.298 e. The number of ketones is 1. The van der Waals surface area contributed by atoms with Crippen LogP contribution in [0.25, 0.3) is 10.8 Å². The number of carbonyl (C=O) groups is 1. The second kappa shape index (κ2) is 5.98. The number of benzene rings is 2. The second-order valence-corrected chi connectivity index (χ2v) is 6.34. The van der Waals surface area contributed by atoms with Crippen LogP contribution in [0.1, 0.15) is 18.9 Å². The van der Waals surface area contributed by atoms with Crippen LogP contribution in [-0.2, 0) is 11.2 Å². The van der Waals surface area contributed by atoms with Crippen molar-refractivity contribution in [2.24, 2.45) is 0 Å². The lowest BCUT2D eigenvalue weighted by atomic mass is 10.0. The fraction of sp³-hybridized carbons (Fsp3) is 0.267. The van der Waals surface area contributed by atoms with E-state index in [0.29, 0.717) is 6.42 Å². The molecule has 1 unspecified atom stereocenters. The maximum Gasteiger partial charge on any atom is 0.146 e. The van der Waals surface area contributed by atoms with Crippen molar-refractivity contribution in [3.05, 3.63) is 46.4 Å². The van der Waals surface area contributed by atoms with Crippen molar-refractivity contribution in [1.82, 2.24) is 0 Å². The number of hydrogen-bond acceptors (Lipinski definition) is 1. The molecule has 2 aromatic carbocycles. The maximum atomic E-state index is 11.6. The molecule has 2 aromatic rings.